The lowest BCUT2D eigenvalue weighted by Crippen LogP contribution is -2.19. The fourth-order valence-corrected chi connectivity index (χ4v) is 3.45. The van der Waals surface area contributed by atoms with E-state index < -0.39 is 17.7 Å². The second-order valence-electron chi connectivity index (χ2n) is 6.33. The van der Waals surface area contributed by atoms with Gasteiger partial charge in [0.1, 0.15) is 5.65 Å². The number of fused-ring (bicyclic) bond motifs is 1. The van der Waals surface area contributed by atoms with Gasteiger partial charge < -0.3 is 15.4 Å². The van der Waals surface area contributed by atoms with Crippen LogP contribution in [-0.4, -0.2) is 37.1 Å². The van der Waals surface area contributed by atoms with E-state index >= 15 is 0 Å². The Labute approximate surface area is 152 Å². The van der Waals surface area contributed by atoms with Gasteiger partial charge in [-0.15, -0.1) is 0 Å². The first-order valence-electron chi connectivity index (χ1n) is 8.16. The second-order valence-corrected chi connectivity index (χ2v) is 6.77. The Bertz CT molecular complexity index is 992. The predicted octanol–water partition coefficient (Wildman–Crippen LogP) is 3.48. The number of carbonyl (C=O) groups is 1. The molecule has 3 aromatic heterocycles. The Kier molecular flexibility index (Phi) is 4.20. The Morgan fingerprint density at radius 1 is 1.35 bits per heavy atom. The molecule has 134 valence electrons. The highest BCUT2D eigenvalue weighted by atomic mass is 35.5. The first-order valence-corrected chi connectivity index (χ1v) is 8.54. The van der Waals surface area contributed by atoms with Crippen LogP contribution in [0.3, 0.4) is 0 Å². The average Bonchev–Trinajstić information content (AvgIpc) is 3.23. The van der Waals surface area contributed by atoms with E-state index in [9.17, 15) is 9.18 Å². The van der Waals surface area contributed by atoms with E-state index in [0.717, 1.165) is 11.6 Å². The molecule has 1 aliphatic rings. The van der Waals surface area contributed by atoms with Gasteiger partial charge in [-0.05, 0) is 25.3 Å². The molecule has 4 rings (SSSR count). The highest BCUT2D eigenvalue weighted by Gasteiger charge is 2.30. The quantitative estimate of drug-likeness (QED) is 0.645. The van der Waals surface area contributed by atoms with Crippen LogP contribution in [0.5, 0.6) is 0 Å². The molecule has 7 nitrogen and oxygen atoms in total. The third-order valence-corrected chi connectivity index (χ3v) is 4.81. The van der Waals surface area contributed by atoms with Crippen LogP contribution < -0.4 is 5.32 Å². The van der Waals surface area contributed by atoms with Gasteiger partial charge in [0.05, 0.1) is 17.1 Å². The molecule has 0 aliphatic heterocycles. The third-order valence-electron chi connectivity index (χ3n) is 4.61. The summed E-state index contributed by atoms with van der Waals surface area (Å²) in [5, 5.41) is 13.3. The number of H-pyrrole nitrogens is 1. The minimum absolute atomic E-state index is 0.0652. The van der Waals surface area contributed by atoms with E-state index in [0.29, 0.717) is 41.3 Å². The first kappa shape index (κ1) is 16.7. The molecule has 0 radical (unpaired) electrons. The minimum atomic E-state index is -0.818. The van der Waals surface area contributed by atoms with Crippen molar-refractivity contribution in [2.75, 3.05) is 5.32 Å². The van der Waals surface area contributed by atoms with Gasteiger partial charge in [-0.25, -0.2) is 19.3 Å². The number of carboxylic acid groups (broad SMARTS) is 1. The summed E-state index contributed by atoms with van der Waals surface area (Å²) < 4.78 is 14.2. The minimum Gasteiger partial charge on any atom is -0.481 e. The van der Waals surface area contributed by atoms with Crippen molar-refractivity contribution < 1.29 is 14.3 Å². The third kappa shape index (κ3) is 3.08. The molecule has 1 aliphatic carbocycles. The number of aliphatic carboxylic acids is 1. The second kappa shape index (κ2) is 6.53. The SMILES string of the molecule is O=C(O)C1CCC(Nc2nc(-c3c[nH]c4ncc(Cl)cc34)ncc2F)C1. The Morgan fingerprint density at radius 3 is 2.96 bits per heavy atom. The molecule has 3 heterocycles. The van der Waals surface area contributed by atoms with Crippen molar-refractivity contribution in [3.8, 4) is 11.4 Å². The zero-order chi connectivity index (χ0) is 18.3. The molecule has 9 heteroatoms. The van der Waals surface area contributed by atoms with Crippen LogP contribution in [0.25, 0.3) is 22.4 Å². The summed E-state index contributed by atoms with van der Waals surface area (Å²) in [5.41, 5.74) is 1.29. The largest absolute Gasteiger partial charge is 0.481 e. The number of hydrogen-bond acceptors (Lipinski definition) is 5. The Hall–Kier alpha value is -2.74. The molecule has 0 amide bonds. The molecular weight excluding hydrogens is 361 g/mol. The number of carboxylic acids is 1. The molecule has 2 unspecified atom stereocenters. The summed E-state index contributed by atoms with van der Waals surface area (Å²) in [6.45, 7) is 0. The average molecular weight is 376 g/mol. The molecule has 26 heavy (non-hydrogen) atoms. The maximum Gasteiger partial charge on any atom is 0.306 e. The van der Waals surface area contributed by atoms with Gasteiger partial charge >= 0.3 is 5.97 Å². The summed E-state index contributed by atoms with van der Waals surface area (Å²) in [5.74, 6) is -1.41. The molecular formula is C17H15ClFN5O2. The van der Waals surface area contributed by atoms with Crippen molar-refractivity contribution in [3.05, 3.63) is 35.5 Å². The number of anilines is 1. The van der Waals surface area contributed by atoms with Crippen LogP contribution >= 0.6 is 11.6 Å². The van der Waals surface area contributed by atoms with Crippen molar-refractivity contribution in [1.82, 2.24) is 19.9 Å². The fourth-order valence-electron chi connectivity index (χ4n) is 3.29. The lowest BCUT2D eigenvalue weighted by atomic mass is 10.1. The molecule has 1 fully saturated rings. The number of halogens is 2. The zero-order valence-electron chi connectivity index (χ0n) is 13.5. The summed E-state index contributed by atoms with van der Waals surface area (Å²) >= 11 is 6.01. The van der Waals surface area contributed by atoms with Gasteiger partial charge in [0.2, 0.25) is 0 Å². The van der Waals surface area contributed by atoms with Gasteiger partial charge in [-0.3, -0.25) is 4.79 Å². The summed E-state index contributed by atoms with van der Waals surface area (Å²) in [6.07, 6.45) is 6.00. The van der Waals surface area contributed by atoms with Gasteiger partial charge in [0.15, 0.2) is 17.5 Å². The van der Waals surface area contributed by atoms with Crippen LogP contribution in [-0.2, 0) is 4.79 Å². The maximum atomic E-state index is 14.2. The van der Waals surface area contributed by atoms with Crippen LogP contribution in [0.1, 0.15) is 19.3 Å². The fraction of sp³-hybridized carbons (Fsp3) is 0.294. The van der Waals surface area contributed by atoms with Crippen molar-refractivity contribution in [2.24, 2.45) is 5.92 Å². The zero-order valence-corrected chi connectivity index (χ0v) is 14.3. The summed E-state index contributed by atoms with van der Waals surface area (Å²) in [6, 6.07) is 1.61. The van der Waals surface area contributed by atoms with Gasteiger partial charge in [-0.2, -0.15) is 0 Å². The Balaban J connectivity index is 1.64. The Morgan fingerprint density at radius 2 is 2.19 bits per heavy atom. The lowest BCUT2D eigenvalue weighted by molar-refractivity contribution is -0.141. The summed E-state index contributed by atoms with van der Waals surface area (Å²) in [7, 11) is 0. The lowest BCUT2D eigenvalue weighted by Gasteiger charge is -2.14. The number of nitrogens with zero attached hydrogens (tertiary/aromatic N) is 3. The molecule has 1 saturated carbocycles. The highest BCUT2D eigenvalue weighted by Crippen LogP contribution is 2.31. The molecule has 2 atom stereocenters. The van der Waals surface area contributed by atoms with E-state index in [1.54, 1.807) is 12.3 Å². The topological polar surface area (TPSA) is 104 Å². The number of aromatic nitrogens is 4. The maximum absolute atomic E-state index is 14.2. The summed E-state index contributed by atoms with van der Waals surface area (Å²) in [4.78, 5) is 26.6. The van der Waals surface area contributed by atoms with Crippen molar-refractivity contribution in [2.45, 2.75) is 25.3 Å². The van der Waals surface area contributed by atoms with E-state index in [2.05, 4.69) is 25.3 Å². The van der Waals surface area contributed by atoms with E-state index in [4.69, 9.17) is 16.7 Å². The standard InChI is InChI=1S/C17H15ClFN5O2/c18-9-4-11-12(6-21-14(11)20-5-9)15-22-7-13(19)16(24-15)23-10-2-1-8(3-10)17(25)26/h4-8,10H,1-3H2,(H,20,21)(H,25,26)(H,22,23,24). The molecule has 3 aromatic rings. The highest BCUT2D eigenvalue weighted by molar-refractivity contribution is 6.31. The monoisotopic (exact) mass is 375 g/mol. The number of hydrogen-bond donors (Lipinski definition) is 3. The van der Waals surface area contributed by atoms with Crippen molar-refractivity contribution in [1.29, 1.82) is 0 Å². The van der Waals surface area contributed by atoms with Crippen LogP contribution in [0.15, 0.2) is 24.7 Å². The van der Waals surface area contributed by atoms with Gasteiger partial charge in [-0.1, -0.05) is 11.6 Å². The smallest absolute Gasteiger partial charge is 0.306 e. The number of nitrogens with one attached hydrogen (secondary N) is 2. The molecule has 0 saturated heterocycles. The first-order chi connectivity index (χ1) is 12.5. The van der Waals surface area contributed by atoms with E-state index in [1.807, 2.05) is 0 Å². The normalized spacial score (nSPS) is 19.8. The molecule has 3 N–H and O–H groups in total. The predicted molar refractivity (Wildman–Crippen MR) is 94.5 cm³/mol. The van der Waals surface area contributed by atoms with Crippen LogP contribution in [0.2, 0.25) is 5.02 Å². The van der Waals surface area contributed by atoms with Crippen LogP contribution in [0, 0.1) is 11.7 Å². The van der Waals surface area contributed by atoms with Crippen molar-refractivity contribution in [3.63, 3.8) is 0 Å². The van der Waals surface area contributed by atoms with Crippen LogP contribution in [0.4, 0.5) is 10.2 Å². The number of pyridine rings is 1. The molecule has 0 bridgehead atoms. The van der Waals surface area contributed by atoms with E-state index in [1.165, 1.54) is 6.20 Å². The molecule has 0 spiro atoms. The number of aromatic amines is 1. The van der Waals surface area contributed by atoms with Crippen molar-refractivity contribution >= 4 is 34.4 Å². The van der Waals surface area contributed by atoms with Gasteiger partial charge in [0.25, 0.3) is 0 Å². The number of rotatable bonds is 4. The molecule has 0 aromatic carbocycles. The van der Waals surface area contributed by atoms with Gasteiger partial charge in [0, 0.05) is 29.4 Å². The van der Waals surface area contributed by atoms with E-state index in [-0.39, 0.29) is 11.9 Å².